The van der Waals surface area contributed by atoms with Crippen LogP contribution >= 0.6 is 0 Å². The van der Waals surface area contributed by atoms with Crippen molar-refractivity contribution in [2.45, 2.75) is 65.6 Å². The molecule has 0 spiro atoms. The van der Waals surface area contributed by atoms with Crippen LogP contribution in [0.5, 0.6) is 0 Å². The quantitative estimate of drug-likeness (QED) is 0.740. The molecule has 0 unspecified atom stereocenters. The molecule has 0 radical (unpaired) electrons. The molecule has 1 amide bonds. The van der Waals surface area contributed by atoms with E-state index in [-0.39, 0.29) is 5.92 Å². The minimum atomic E-state index is 0.220. The van der Waals surface area contributed by atoms with Crippen molar-refractivity contribution in [2.24, 2.45) is 5.92 Å². The Bertz CT molecular complexity index is 228. The third-order valence-corrected chi connectivity index (χ3v) is 3.55. The van der Waals surface area contributed by atoms with Crippen LogP contribution in [0.2, 0.25) is 0 Å². The van der Waals surface area contributed by atoms with E-state index in [1.54, 1.807) is 0 Å². The van der Waals surface area contributed by atoms with Crippen molar-refractivity contribution >= 4 is 5.91 Å². The maximum atomic E-state index is 12.2. The van der Waals surface area contributed by atoms with Gasteiger partial charge >= 0.3 is 0 Å². The van der Waals surface area contributed by atoms with E-state index in [0.29, 0.717) is 18.1 Å². The molecule has 1 heterocycles. The molecule has 1 fully saturated rings. The second-order valence-corrected chi connectivity index (χ2v) is 5.22. The van der Waals surface area contributed by atoms with Gasteiger partial charge in [0.2, 0.25) is 5.91 Å². The highest BCUT2D eigenvalue weighted by Gasteiger charge is 2.26. The standard InChI is InChI=1S/C14H27NO2/c1-5-12(6-2)14(16)15-9-7-13(8-10-15)17-11(3)4/h11-13H,5-10H2,1-4H3. The van der Waals surface area contributed by atoms with E-state index in [1.165, 1.54) is 0 Å². The molecule has 0 aromatic carbocycles. The van der Waals surface area contributed by atoms with E-state index in [0.717, 1.165) is 38.8 Å². The van der Waals surface area contributed by atoms with E-state index in [1.807, 2.05) is 4.90 Å². The van der Waals surface area contributed by atoms with Gasteiger partial charge in [-0.05, 0) is 39.5 Å². The number of piperidine rings is 1. The molecule has 0 saturated carbocycles. The van der Waals surface area contributed by atoms with Gasteiger partial charge in [0, 0.05) is 19.0 Å². The summed E-state index contributed by atoms with van der Waals surface area (Å²) in [5.41, 5.74) is 0. The fourth-order valence-corrected chi connectivity index (χ4v) is 2.49. The Morgan fingerprint density at radius 3 is 2.18 bits per heavy atom. The first-order chi connectivity index (χ1) is 8.08. The summed E-state index contributed by atoms with van der Waals surface area (Å²) in [7, 11) is 0. The summed E-state index contributed by atoms with van der Waals surface area (Å²) in [6.07, 6.45) is 4.53. The van der Waals surface area contributed by atoms with Gasteiger partial charge in [0.25, 0.3) is 0 Å². The average molecular weight is 241 g/mol. The van der Waals surface area contributed by atoms with Crippen LogP contribution in [0.25, 0.3) is 0 Å². The monoisotopic (exact) mass is 241 g/mol. The summed E-state index contributed by atoms with van der Waals surface area (Å²) in [5, 5.41) is 0. The van der Waals surface area contributed by atoms with Gasteiger partial charge in [0.05, 0.1) is 12.2 Å². The summed E-state index contributed by atoms with van der Waals surface area (Å²) >= 11 is 0. The Morgan fingerprint density at radius 2 is 1.76 bits per heavy atom. The lowest BCUT2D eigenvalue weighted by molar-refractivity contribution is -0.138. The van der Waals surface area contributed by atoms with Crippen molar-refractivity contribution in [1.29, 1.82) is 0 Å². The maximum absolute atomic E-state index is 12.2. The molecule has 0 aromatic heterocycles. The van der Waals surface area contributed by atoms with Gasteiger partial charge in [-0.25, -0.2) is 0 Å². The zero-order valence-corrected chi connectivity index (χ0v) is 11.7. The predicted molar refractivity (Wildman–Crippen MR) is 69.9 cm³/mol. The van der Waals surface area contributed by atoms with Crippen LogP contribution in [0.1, 0.15) is 53.4 Å². The third kappa shape index (κ3) is 4.30. The molecule has 1 aliphatic rings. The van der Waals surface area contributed by atoms with Crippen molar-refractivity contribution < 1.29 is 9.53 Å². The summed E-state index contributed by atoms with van der Waals surface area (Å²) < 4.78 is 5.79. The van der Waals surface area contributed by atoms with Gasteiger partial charge < -0.3 is 9.64 Å². The highest BCUT2D eigenvalue weighted by molar-refractivity contribution is 5.78. The van der Waals surface area contributed by atoms with Crippen LogP contribution in [-0.4, -0.2) is 36.1 Å². The number of ether oxygens (including phenoxy) is 1. The molecular formula is C14H27NO2. The van der Waals surface area contributed by atoms with E-state index in [2.05, 4.69) is 27.7 Å². The number of carbonyl (C=O) groups excluding carboxylic acids is 1. The molecule has 0 atom stereocenters. The van der Waals surface area contributed by atoms with Crippen LogP contribution < -0.4 is 0 Å². The van der Waals surface area contributed by atoms with Crippen LogP contribution in [0, 0.1) is 5.92 Å². The Morgan fingerprint density at radius 1 is 1.24 bits per heavy atom. The van der Waals surface area contributed by atoms with E-state index in [9.17, 15) is 4.79 Å². The molecule has 1 aliphatic heterocycles. The lowest BCUT2D eigenvalue weighted by Gasteiger charge is -2.34. The zero-order valence-electron chi connectivity index (χ0n) is 11.7. The van der Waals surface area contributed by atoms with Crippen molar-refractivity contribution in [3.05, 3.63) is 0 Å². The van der Waals surface area contributed by atoms with Gasteiger partial charge in [0.15, 0.2) is 0 Å². The molecule has 1 rings (SSSR count). The Hall–Kier alpha value is -0.570. The highest BCUT2D eigenvalue weighted by atomic mass is 16.5. The van der Waals surface area contributed by atoms with E-state index < -0.39 is 0 Å². The molecule has 3 nitrogen and oxygen atoms in total. The van der Waals surface area contributed by atoms with Crippen LogP contribution in [0.3, 0.4) is 0 Å². The van der Waals surface area contributed by atoms with Crippen molar-refractivity contribution in [2.75, 3.05) is 13.1 Å². The number of carbonyl (C=O) groups is 1. The number of hydrogen-bond donors (Lipinski definition) is 0. The lowest BCUT2D eigenvalue weighted by atomic mass is 9.99. The van der Waals surface area contributed by atoms with Crippen LogP contribution in [0.15, 0.2) is 0 Å². The first-order valence-corrected chi connectivity index (χ1v) is 7.02. The fourth-order valence-electron chi connectivity index (χ4n) is 2.49. The molecule has 0 aromatic rings. The summed E-state index contributed by atoms with van der Waals surface area (Å²) in [6.45, 7) is 10.1. The number of nitrogens with zero attached hydrogens (tertiary/aromatic N) is 1. The maximum Gasteiger partial charge on any atom is 0.225 e. The minimum absolute atomic E-state index is 0.220. The fraction of sp³-hybridized carbons (Fsp3) is 0.929. The molecule has 0 N–H and O–H groups in total. The highest BCUT2D eigenvalue weighted by Crippen LogP contribution is 2.19. The number of rotatable bonds is 5. The summed E-state index contributed by atoms with van der Waals surface area (Å²) in [5.74, 6) is 0.565. The molecule has 0 aliphatic carbocycles. The Kier molecular flexibility index (Phi) is 5.96. The van der Waals surface area contributed by atoms with Gasteiger partial charge in [-0.15, -0.1) is 0 Å². The van der Waals surface area contributed by atoms with Gasteiger partial charge in [-0.2, -0.15) is 0 Å². The Balaban J connectivity index is 2.38. The lowest BCUT2D eigenvalue weighted by Crippen LogP contribution is -2.43. The molecule has 3 heteroatoms. The SMILES string of the molecule is CCC(CC)C(=O)N1CCC(OC(C)C)CC1. The first kappa shape index (κ1) is 14.5. The molecule has 1 saturated heterocycles. The molecule has 0 bridgehead atoms. The minimum Gasteiger partial charge on any atom is -0.375 e. The molecule has 100 valence electrons. The van der Waals surface area contributed by atoms with Crippen LogP contribution in [-0.2, 0) is 9.53 Å². The van der Waals surface area contributed by atoms with Gasteiger partial charge in [-0.1, -0.05) is 13.8 Å². The predicted octanol–water partition coefficient (Wildman–Crippen LogP) is 2.84. The smallest absolute Gasteiger partial charge is 0.225 e. The number of amides is 1. The molecular weight excluding hydrogens is 214 g/mol. The van der Waals surface area contributed by atoms with E-state index in [4.69, 9.17) is 4.74 Å². The number of hydrogen-bond acceptors (Lipinski definition) is 2. The third-order valence-electron chi connectivity index (χ3n) is 3.55. The Labute approximate surface area is 106 Å². The molecule has 17 heavy (non-hydrogen) atoms. The largest absolute Gasteiger partial charge is 0.375 e. The average Bonchev–Trinajstić information content (AvgIpc) is 2.30. The number of likely N-dealkylation sites (tertiary alicyclic amines) is 1. The second-order valence-electron chi connectivity index (χ2n) is 5.22. The first-order valence-electron chi connectivity index (χ1n) is 7.02. The topological polar surface area (TPSA) is 29.5 Å². The summed E-state index contributed by atoms with van der Waals surface area (Å²) in [6, 6.07) is 0. The zero-order chi connectivity index (χ0) is 12.8. The van der Waals surface area contributed by atoms with Crippen molar-refractivity contribution in [3.63, 3.8) is 0 Å². The summed E-state index contributed by atoms with van der Waals surface area (Å²) in [4.78, 5) is 14.2. The normalized spacial score (nSPS) is 18.1. The van der Waals surface area contributed by atoms with Crippen molar-refractivity contribution in [1.82, 2.24) is 4.90 Å². The van der Waals surface area contributed by atoms with E-state index >= 15 is 0 Å². The van der Waals surface area contributed by atoms with Crippen molar-refractivity contribution in [3.8, 4) is 0 Å². The second kappa shape index (κ2) is 7.00. The van der Waals surface area contributed by atoms with Gasteiger partial charge in [0.1, 0.15) is 0 Å². The van der Waals surface area contributed by atoms with Gasteiger partial charge in [-0.3, -0.25) is 4.79 Å². The van der Waals surface area contributed by atoms with Crippen LogP contribution in [0.4, 0.5) is 0 Å².